The molecular weight excluding hydrogens is 98.1 g/mol. The third-order valence-corrected chi connectivity index (χ3v) is 1.03. The Morgan fingerprint density at radius 3 is 2.38 bits per heavy atom. The Hall–Kier alpha value is -0.330. The Morgan fingerprint density at radius 2 is 2.00 bits per heavy atom. The summed E-state index contributed by atoms with van der Waals surface area (Å²) >= 11 is 0. The van der Waals surface area contributed by atoms with Crippen molar-refractivity contribution in [3.63, 3.8) is 0 Å². The highest BCUT2D eigenvalue weighted by Gasteiger charge is 1.89. The van der Waals surface area contributed by atoms with E-state index in [1.165, 1.54) is 0 Å². The van der Waals surface area contributed by atoms with Crippen molar-refractivity contribution < 1.29 is 0 Å². The average Bonchev–Trinajstić information content (AvgIpc) is 1.83. The predicted octanol–water partition coefficient (Wildman–Crippen LogP) is 2.23. The lowest BCUT2D eigenvalue weighted by molar-refractivity contribution is 0.878. The van der Waals surface area contributed by atoms with Crippen LogP contribution in [0.4, 0.5) is 0 Å². The van der Waals surface area contributed by atoms with E-state index in [4.69, 9.17) is 5.41 Å². The van der Waals surface area contributed by atoms with Crippen LogP contribution < -0.4 is 0 Å². The van der Waals surface area contributed by atoms with Gasteiger partial charge in [-0.1, -0.05) is 13.3 Å². The smallest absolute Gasteiger partial charge is 0.00891 e. The summed E-state index contributed by atoms with van der Waals surface area (Å²) in [6.07, 6.45) is 3.50. The Labute approximate surface area is 51.6 Å². The summed E-state index contributed by atoms with van der Waals surface area (Å²) in [4.78, 5) is 0. The number of hydrogen-bond donors (Lipinski definition) is 1. The lowest BCUT2D eigenvalue weighted by atomic mass is 10.1. The second-order valence-corrected chi connectivity index (χ2v) is 1.81. The maximum absolute atomic E-state index is 7.15. The van der Waals surface area contributed by atoms with Crippen molar-refractivity contribution in [1.82, 2.24) is 0 Å². The molecule has 8 heavy (non-hydrogen) atoms. The first kappa shape index (κ1) is 7.67. The molecule has 0 aliphatic heterocycles. The summed E-state index contributed by atoms with van der Waals surface area (Å²) in [6, 6.07) is 0. The highest BCUT2D eigenvalue weighted by molar-refractivity contribution is 5.81. The second kappa shape index (κ2) is 4.82. The molecule has 0 aromatic carbocycles. The minimum atomic E-state index is 0.653. The molecule has 0 aliphatic carbocycles. The molecule has 1 nitrogen and oxygen atoms in total. The first-order valence-corrected chi connectivity index (χ1v) is 2.96. The molecular formula is C7H13N. The zero-order chi connectivity index (χ0) is 6.41. The van der Waals surface area contributed by atoms with Crippen LogP contribution in [0.25, 0.3) is 0 Å². The van der Waals surface area contributed by atoms with Gasteiger partial charge in [0.25, 0.3) is 0 Å². The molecule has 1 N–H and O–H groups in total. The van der Waals surface area contributed by atoms with Crippen molar-refractivity contribution >= 4 is 5.71 Å². The molecule has 0 spiro atoms. The van der Waals surface area contributed by atoms with Gasteiger partial charge in [0, 0.05) is 5.71 Å². The van der Waals surface area contributed by atoms with Crippen molar-refractivity contribution in [3.05, 3.63) is 13.8 Å². The van der Waals surface area contributed by atoms with E-state index in [0.717, 1.165) is 25.0 Å². The molecule has 46 valence electrons. The van der Waals surface area contributed by atoms with Gasteiger partial charge in [0.2, 0.25) is 0 Å². The fourth-order valence-corrected chi connectivity index (χ4v) is 0.463. The molecule has 0 aliphatic rings. The van der Waals surface area contributed by atoms with Gasteiger partial charge in [-0.15, -0.1) is 0 Å². The van der Waals surface area contributed by atoms with Gasteiger partial charge in [-0.2, -0.15) is 0 Å². The fraction of sp³-hybridized carbons (Fsp3) is 0.571. The van der Waals surface area contributed by atoms with Crippen molar-refractivity contribution in [2.75, 3.05) is 0 Å². The van der Waals surface area contributed by atoms with Crippen LogP contribution in [-0.4, -0.2) is 5.71 Å². The highest BCUT2D eigenvalue weighted by Crippen LogP contribution is 1.96. The lowest BCUT2D eigenvalue weighted by Crippen LogP contribution is -1.91. The van der Waals surface area contributed by atoms with E-state index in [1.54, 1.807) is 0 Å². The van der Waals surface area contributed by atoms with Crippen LogP contribution >= 0.6 is 0 Å². The minimum Gasteiger partial charge on any atom is -0.310 e. The molecule has 0 atom stereocenters. The number of rotatable bonds is 4. The van der Waals surface area contributed by atoms with Gasteiger partial charge in [-0.25, -0.2) is 0 Å². The molecule has 1 heteroatoms. The van der Waals surface area contributed by atoms with Crippen molar-refractivity contribution in [2.45, 2.75) is 25.7 Å². The van der Waals surface area contributed by atoms with E-state index in [9.17, 15) is 0 Å². The Kier molecular flexibility index (Phi) is 4.62. The summed E-state index contributed by atoms with van der Waals surface area (Å²) in [6.45, 7) is 7.27. The third-order valence-electron chi connectivity index (χ3n) is 1.03. The molecule has 0 aromatic heterocycles. The van der Waals surface area contributed by atoms with Crippen molar-refractivity contribution in [2.24, 2.45) is 0 Å². The topological polar surface area (TPSA) is 23.9 Å². The van der Waals surface area contributed by atoms with E-state index in [0.29, 0.717) is 6.42 Å². The van der Waals surface area contributed by atoms with Crippen molar-refractivity contribution in [1.29, 1.82) is 5.41 Å². The molecule has 0 bridgehead atoms. The summed E-state index contributed by atoms with van der Waals surface area (Å²) < 4.78 is 0. The first-order chi connectivity index (χ1) is 3.81. The van der Waals surface area contributed by atoms with Gasteiger partial charge in [0.05, 0.1) is 0 Å². The normalized spacial score (nSPS) is 9.25. The maximum Gasteiger partial charge on any atom is 0.00891 e. The first-order valence-electron chi connectivity index (χ1n) is 2.96. The molecule has 0 fully saturated rings. The van der Waals surface area contributed by atoms with Crippen LogP contribution in [-0.2, 0) is 0 Å². The van der Waals surface area contributed by atoms with Crippen LogP contribution in [0.5, 0.6) is 0 Å². The van der Waals surface area contributed by atoms with Crippen LogP contribution in [0.3, 0.4) is 0 Å². The van der Waals surface area contributed by atoms with E-state index in [-0.39, 0.29) is 0 Å². The van der Waals surface area contributed by atoms with E-state index in [1.807, 2.05) is 0 Å². The average molecular weight is 111 g/mol. The molecule has 0 heterocycles. The van der Waals surface area contributed by atoms with Crippen LogP contribution in [0.1, 0.15) is 25.7 Å². The van der Waals surface area contributed by atoms with Crippen molar-refractivity contribution in [3.8, 4) is 0 Å². The van der Waals surface area contributed by atoms with Gasteiger partial charge >= 0.3 is 0 Å². The van der Waals surface area contributed by atoms with Crippen LogP contribution in [0, 0.1) is 19.3 Å². The summed E-state index contributed by atoms with van der Waals surface area (Å²) in [7, 11) is 0. The third kappa shape index (κ3) is 3.85. The molecule has 0 unspecified atom stereocenters. The summed E-state index contributed by atoms with van der Waals surface area (Å²) in [5.41, 5.74) is 0.744. The minimum absolute atomic E-state index is 0.653. The maximum atomic E-state index is 7.15. The molecule has 2 radical (unpaired) electrons. The fourth-order valence-electron chi connectivity index (χ4n) is 0.463. The van der Waals surface area contributed by atoms with Gasteiger partial charge in [0.1, 0.15) is 0 Å². The molecule has 0 aromatic rings. The van der Waals surface area contributed by atoms with E-state index < -0.39 is 0 Å². The van der Waals surface area contributed by atoms with Gasteiger partial charge < -0.3 is 5.41 Å². The van der Waals surface area contributed by atoms with Gasteiger partial charge in [0.15, 0.2) is 0 Å². The van der Waals surface area contributed by atoms with Gasteiger partial charge in [-0.05, 0) is 26.2 Å². The largest absolute Gasteiger partial charge is 0.310 e. The van der Waals surface area contributed by atoms with E-state index in [2.05, 4.69) is 13.8 Å². The zero-order valence-electron chi connectivity index (χ0n) is 5.24. The quantitative estimate of drug-likeness (QED) is 0.538. The Balaban J connectivity index is 2.99. The summed E-state index contributed by atoms with van der Waals surface area (Å²) in [5, 5.41) is 7.15. The van der Waals surface area contributed by atoms with Crippen LogP contribution in [0.2, 0.25) is 0 Å². The van der Waals surface area contributed by atoms with Gasteiger partial charge in [-0.3, -0.25) is 0 Å². The zero-order valence-corrected chi connectivity index (χ0v) is 5.24. The molecule has 0 saturated carbocycles. The molecule has 0 saturated heterocycles. The second-order valence-electron chi connectivity index (χ2n) is 1.81. The predicted molar refractivity (Wildman–Crippen MR) is 36.9 cm³/mol. The summed E-state index contributed by atoms with van der Waals surface area (Å²) in [5.74, 6) is 0. The lowest BCUT2D eigenvalue weighted by Gasteiger charge is -1.94. The molecule has 0 amide bonds. The van der Waals surface area contributed by atoms with E-state index >= 15 is 0 Å². The SMILES string of the molecule is [CH2]CCCC(=N)C[CH2]. The highest BCUT2D eigenvalue weighted by atomic mass is 14.4. The molecule has 0 rings (SSSR count). The Bertz CT molecular complexity index is 66.8. The number of nitrogens with one attached hydrogen (secondary N) is 1. The van der Waals surface area contributed by atoms with Crippen LogP contribution in [0.15, 0.2) is 0 Å². The number of unbranched alkanes of at least 4 members (excludes halogenated alkanes) is 1. The standard InChI is InChI=1S/C7H13N/c1-3-5-6-7(8)4-2/h8H,1-6H2. The monoisotopic (exact) mass is 111 g/mol. The Morgan fingerprint density at radius 1 is 1.38 bits per heavy atom. The number of hydrogen-bond acceptors (Lipinski definition) is 1.